The van der Waals surface area contributed by atoms with Crippen LogP contribution in [0.5, 0.6) is 0 Å². The normalized spacial score (nSPS) is 19.4. The molecule has 0 aromatic rings. The number of rotatable bonds is 4. The predicted octanol–water partition coefficient (Wildman–Crippen LogP) is 1.29. The maximum atomic E-state index is 12.1. The lowest BCUT2D eigenvalue weighted by atomic mass is 10.3. The first-order valence-corrected chi connectivity index (χ1v) is 6.50. The largest absolute Gasteiger partial charge is 0.379 e. The number of ether oxygens (including phenoxy) is 1. The summed E-state index contributed by atoms with van der Waals surface area (Å²) in [6, 6.07) is 0. The van der Waals surface area contributed by atoms with Crippen molar-refractivity contribution in [1.82, 2.24) is 4.31 Å². The van der Waals surface area contributed by atoms with E-state index in [1.165, 1.54) is 16.5 Å². The molecule has 1 aliphatic rings. The molecule has 90 valence electrons. The highest BCUT2D eigenvalue weighted by Gasteiger charge is 2.26. The third-order valence-electron chi connectivity index (χ3n) is 2.20. The van der Waals surface area contributed by atoms with Gasteiger partial charge in [0, 0.05) is 13.1 Å². The van der Waals surface area contributed by atoms with Crippen molar-refractivity contribution < 1.29 is 13.2 Å². The first-order valence-electron chi connectivity index (χ1n) is 5.06. The van der Waals surface area contributed by atoms with Crippen LogP contribution in [0.4, 0.5) is 0 Å². The van der Waals surface area contributed by atoms with Crippen LogP contribution in [0.1, 0.15) is 6.92 Å². The van der Waals surface area contributed by atoms with E-state index in [2.05, 4.69) is 13.2 Å². The van der Waals surface area contributed by atoms with E-state index < -0.39 is 10.0 Å². The molecule has 1 heterocycles. The third-order valence-corrected chi connectivity index (χ3v) is 4.12. The molecule has 1 saturated heterocycles. The van der Waals surface area contributed by atoms with Gasteiger partial charge in [-0.1, -0.05) is 18.7 Å². The van der Waals surface area contributed by atoms with E-state index in [1.807, 2.05) is 0 Å². The fraction of sp³-hybridized carbons (Fsp3) is 0.455. The molecule has 16 heavy (non-hydrogen) atoms. The van der Waals surface area contributed by atoms with Crippen molar-refractivity contribution in [2.45, 2.75) is 6.92 Å². The SMILES string of the molecule is C=C/C(=C\C(=C)C)S(=O)(=O)N1CCOCC1. The van der Waals surface area contributed by atoms with Crippen LogP contribution in [-0.4, -0.2) is 39.0 Å². The minimum atomic E-state index is -3.43. The maximum absolute atomic E-state index is 12.1. The van der Waals surface area contributed by atoms with Gasteiger partial charge in [0.2, 0.25) is 10.0 Å². The zero-order valence-corrected chi connectivity index (χ0v) is 10.3. The molecule has 0 unspecified atom stereocenters. The van der Waals surface area contributed by atoms with Gasteiger partial charge in [0.15, 0.2) is 0 Å². The molecule has 0 spiro atoms. The van der Waals surface area contributed by atoms with Gasteiger partial charge in [0.25, 0.3) is 0 Å². The van der Waals surface area contributed by atoms with Gasteiger partial charge in [0.1, 0.15) is 0 Å². The molecule has 0 aromatic carbocycles. The van der Waals surface area contributed by atoms with Crippen LogP contribution < -0.4 is 0 Å². The summed E-state index contributed by atoms with van der Waals surface area (Å²) < 4.78 is 30.8. The summed E-state index contributed by atoms with van der Waals surface area (Å²) in [6.07, 6.45) is 2.87. The van der Waals surface area contributed by atoms with Crippen LogP contribution in [0, 0.1) is 0 Å². The second-order valence-corrected chi connectivity index (χ2v) is 5.55. The predicted molar refractivity (Wildman–Crippen MR) is 64.4 cm³/mol. The number of nitrogens with zero attached hydrogens (tertiary/aromatic N) is 1. The molecule has 4 nitrogen and oxygen atoms in total. The van der Waals surface area contributed by atoms with Crippen LogP contribution in [0.2, 0.25) is 0 Å². The van der Waals surface area contributed by atoms with Gasteiger partial charge in [-0.25, -0.2) is 8.42 Å². The molecule has 0 aliphatic carbocycles. The Morgan fingerprint density at radius 2 is 1.94 bits per heavy atom. The molecule has 0 saturated carbocycles. The lowest BCUT2D eigenvalue weighted by Gasteiger charge is -2.26. The van der Waals surface area contributed by atoms with Gasteiger partial charge < -0.3 is 4.74 Å². The summed E-state index contributed by atoms with van der Waals surface area (Å²) in [7, 11) is -3.43. The summed E-state index contributed by atoms with van der Waals surface area (Å²) in [5.41, 5.74) is 0.687. The Morgan fingerprint density at radius 3 is 2.38 bits per heavy atom. The van der Waals surface area contributed by atoms with Crippen molar-refractivity contribution >= 4 is 10.0 Å². The summed E-state index contributed by atoms with van der Waals surface area (Å²) in [5, 5.41) is 0. The highest BCUT2D eigenvalue weighted by atomic mass is 32.2. The molecule has 0 aromatic heterocycles. The summed E-state index contributed by atoms with van der Waals surface area (Å²) in [4.78, 5) is 0.196. The molecule has 1 rings (SSSR count). The Balaban J connectivity index is 2.98. The Hall–Kier alpha value is -0.910. The fourth-order valence-electron chi connectivity index (χ4n) is 1.42. The maximum Gasteiger partial charge on any atom is 0.243 e. The van der Waals surface area contributed by atoms with Crippen molar-refractivity contribution in [3.8, 4) is 0 Å². The van der Waals surface area contributed by atoms with Crippen molar-refractivity contribution in [1.29, 1.82) is 0 Å². The highest BCUT2D eigenvalue weighted by molar-refractivity contribution is 7.93. The van der Waals surface area contributed by atoms with Gasteiger partial charge in [-0.15, -0.1) is 0 Å². The van der Waals surface area contributed by atoms with E-state index in [9.17, 15) is 8.42 Å². The minimum absolute atomic E-state index is 0.196. The molecule has 0 radical (unpaired) electrons. The van der Waals surface area contributed by atoms with Crippen LogP contribution >= 0.6 is 0 Å². The quantitative estimate of drug-likeness (QED) is 0.699. The smallest absolute Gasteiger partial charge is 0.243 e. The summed E-state index contributed by atoms with van der Waals surface area (Å²) >= 11 is 0. The fourth-order valence-corrected chi connectivity index (χ4v) is 2.91. The lowest BCUT2D eigenvalue weighted by Crippen LogP contribution is -2.40. The van der Waals surface area contributed by atoms with E-state index in [4.69, 9.17) is 4.74 Å². The van der Waals surface area contributed by atoms with E-state index in [0.717, 1.165) is 0 Å². The Bertz CT molecular complexity index is 403. The topological polar surface area (TPSA) is 46.6 Å². The highest BCUT2D eigenvalue weighted by Crippen LogP contribution is 2.17. The van der Waals surface area contributed by atoms with Gasteiger partial charge >= 0.3 is 0 Å². The molecule has 0 atom stereocenters. The van der Waals surface area contributed by atoms with Gasteiger partial charge in [-0.3, -0.25) is 0 Å². The van der Waals surface area contributed by atoms with Crippen molar-refractivity contribution in [3.05, 3.63) is 35.8 Å². The van der Waals surface area contributed by atoms with Crippen molar-refractivity contribution in [2.24, 2.45) is 0 Å². The average molecular weight is 243 g/mol. The second-order valence-electron chi connectivity index (χ2n) is 3.61. The van der Waals surface area contributed by atoms with E-state index >= 15 is 0 Å². The molecular formula is C11H17NO3S. The summed E-state index contributed by atoms with van der Waals surface area (Å²) in [5.74, 6) is 0. The monoisotopic (exact) mass is 243 g/mol. The zero-order chi connectivity index (χ0) is 12.2. The van der Waals surface area contributed by atoms with E-state index in [-0.39, 0.29) is 4.91 Å². The van der Waals surface area contributed by atoms with Gasteiger partial charge in [-0.05, 0) is 19.1 Å². The molecule has 1 fully saturated rings. The molecule has 5 heteroatoms. The number of hydrogen-bond acceptors (Lipinski definition) is 3. The molecule has 0 bridgehead atoms. The number of allylic oxidation sites excluding steroid dienone is 3. The van der Waals surface area contributed by atoms with Crippen molar-refractivity contribution in [2.75, 3.05) is 26.3 Å². The first kappa shape index (κ1) is 13.2. The Labute approximate surface area is 96.9 Å². The molecular weight excluding hydrogens is 226 g/mol. The summed E-state index contributed by atoms with van der Waals surface area (Å²) in [6.45, 7) is 10.6. The average Bonchev–Trinajstić information content (AvgIpc) is 2.26. The number of sulfonamides is 1. The van der Waals surface area contributed by atoms with Crippen LogP contribution in [-0.2, 0) is 14.8 Å². The standard InChI is InChI=1S/C11H17NO3S/c1-4-11(9-10(2)3)16(13,14)12-5-7-15-8-6-12/h4,9H,1-2,5-8H2,3H3/b11-9+. The van der Waals surface area contributed by atoms with Gasteiger partial charge in [0.05, 0.1) is 18.1 Å². The number of morpholine rings is 1. The minimum Gasteiger partial charge on any atom is -0.379 e. The van der Waals surface area contributed by atoms with Crippen molar-refractivity contribution in [3.63, 3.8) is 0 Å². The number of hydrogen-bond donors (Lipinski definition) is 0. The third kappa shape index (κ3) is 3.04. The molecule has 0 N–H and O–H groups in total. The van der Waals surface area contributed by atoms with E-state index in [0.29, 0.717) is 31.9 Å². The van der Waals surface area contributed by atoms with Crippen LogP contribution in [0.25, 0.3) is 0 Å². The van der Waals surface area contributed by atoms with Crippen LogP contribution in [0.3, 0.4) is 0 Å². The molecule has 1 aliphatic heterocycles. The molecule has 0 amide bonds. The van der Waals surface area contributed by atoms with E-state index in [1.54, 1.807) is 6.92 Å². The second kappa shape index (κ2) is 5.43. The Morgan fingerprint density at radius 1 is 1.38 bits per heavy atom. The lowest BCUT2D eigenvalue weighted by molar-refractivity contribution is 0.0734. The first-order chi connectivity index (χ1) is 7.48. The van der Waals surface area contributed by atoms with Gasteiger partial charge in [-0.2, -0.15) is 4.31 Å². The van der Waals surface area contributed by atoms with Crippen LogP contribution in [0.15, 0.2) is 35.8 Å². The zero-order valence-electron chi connectivity index (χ0n) is 9.48. The Kier molecular flexibility index (Phi) is 4.46.